The second-order valence-electron chi connectivity index (χ2n) is 6.13. The van der Waals surface area contributed by atoms with E-state index in [1.165, 1.54) is 6.92 Å². The molecular weight excluding hydrogens is 384 g/mol. The van der Waals surface area contributed by atoms with Gasteiger partial charge in [-0.25, -0.2) is 13.8 Å². The number of carbonyl (C=O) groups excluding carboxylic acids is 1. The number of carbonyl (C=O) groups is 1. The van der Waals surface area contributed by atoms with Gasteiger partial charge in [0, 0.05) is 12.1 Å². The highest BCUT2D eigenvalue weighted by molar-refractivity contribution is 7.89. The zero-order chi connectivity index (χ0) is 20.9. The maximum absolute atomic E-state index is 12.3. The smallest absolute Gasteiger partial charge is 0.269 e. The second-order valence-corrected chi connectivity index (χ2v) is 7.85. The molecule has 0 saturated heterocycles. The molecule has 0 unspecified atom stereocenters. The fourth-order valence-corrected chi connectivity index (χ4v) is 3.40. The summed E-state index contributed by atoms with van der Waals surface area (Å²) in [6.45, 7) is 5.04. The number of amides is 1. The Labute approximate surface area is 162 Å². The second kappa shape index (κ2) is 8.72. The predicted octanol–water partition coefficient (Wildman–Crippen LogP) is 2.11. The van der Waals surface area contributed by atoms with Crippen LogP contribution in [0.5, 0.6) is 0 Å². The van der Waals surface area contributed by atoms with Crippen molar-refractivity contribution in [2.45, 2.75) is 31.7 Å². The van der Waals surface area contributed by atoms with E-state index in [4.69, 9.17) is 0 Å². The Morgan fingerprint density at radius 1 is 1.11 bits per heavy atom. The van der Waals surface area contributed by atoms with Crippen molar-refractivity contribution < 1.29 is 18.1 Å². The highest BCUT2D eigenvalue weighted by atomic mass is 32.2. The van der Waals surface area contributed by atoms with Gasteiger partial charge in [0.25, 0.3) is 11.6 Å². The molecule has 1 amide bonds. The molecule has 0 radical (unpaired) electrons. The van der Waals surface area contributed by atoms with Crippen LogP contribution in [0.3, 0.4) is 0 Å². The minimum absolute atomic E-state index is 0.183. The van der Waals surface area contributed by atoms with Gasteiger partial charge < -0.3 is 0 Å². The summed E-state index contributed by atoms with van der Waals surface area (Å²) in [4.78, 5) is 22.0. The Hall–Kier alpha value is -3.11. The first-order chi connectivity index (χ1) is 13.1. The molecule has 2 N–H and O–H groups in total. The first-order valence-corrected chi connectivity index (χ1v) is 9.76. The van der Waals surface area contributed by atoms with Gasteiger partial charge in [-0.2, -0.15) is 9.82 Å². The quantitative estimate of drug-likeness (QED) is 0.414. The van der Waals surface area contributed by atoms with Crippen molar-refractivity contribution in [1.29, 1.82) is 0 Å². The fraction of sp³-hybridized carbons (Fsp3) is 0.222. The van der Waals surface area contributed by atoms with E-state index in [1.54, 1.807) is 6.92 Å². The maximum atomic E-state index is 12.3. The van der Waals surface area contributed by atoms with Crippen LogP contribution < -0.4 is 10.1 Å². The number of hydrazone groups is 1. The van der Waals surface area contributed by atoms with Gasteiger partial charge in [0.05, 0.1) is 21.6 Å². The third-order valence-corrected chi connectivity index (χ3v) is 5.44. The van der Waals surface area contributed by atoms with Crippen molar-refractivity contribution in [3.05, 3.63) is 69.8 Å². The van der Waals surface area contributed by atoms with E-state index in [1.807, 2.05) is 31.2 Å². The van der Waals surface area contributed by atoms with E-state index in [-0.39, 0.29) is 10.6 Å². The molecule has 2 aromatic carbocycles. The minimum Gasteiger partial charge on any atom is -0.271 e. The molecule has 0 aliphatic heterocycles. The standard InChI is InChI=1S/C18H20N4O5S/c1-12-4-6-15(7-5-12)13(2)19-20-18(23)14(3)21-28(26,27)17-10-8-16(9-11-17)22(24)25/h4-11,14,21H,1-3H3,(H,20,23)/b19-13+/t14-/m1/s1. The predicted molar refractivity (Wildman–Crippen MR) is 104 cm³/mol. The molecule has 0 heterocycles. The van der Waals surface area contributed by atoms with Crippen molar-refractivity contribution in [2.75, 3.05) is 0 Å². The fourth-order valence-electron chi connectivity index (χ4n) is 2.20. The highest BCUT2D eigenvalue weighted by Gasteiger charge is 2.22. The number of nitrogens with zero attached hydrogens (tertiary/aromatic N) is 2. The number of hydrogen-bond donors (Lipinski definition) is 2. The maximum Gasteiger partial charge on any atom is 0.269 e. The van der Waals surface area contributed by atoms with E-state index in [0.717, 1.165) is 35.4 Å². The summed E-state index contributed by atoms with van der Waals surface area (Å²) in [6.07, 6.45) is 0. The summed E-state index contributed by atoms with van der Waals surface area (Å²) in [5.74, 6) is -0.642. The highest BCUT2D eigenvalue weighted by Crippen LogP contribution is 2.16. The van der Waals surface area contributed by atoms with Crippen LogP contribution in [0.25, 0.3) is 0 Å². The van der Waals surface area contributed by atoms with E-state index < -0.39 is 26.9 Å². The SMILES string of the molecule is C/C(=N\NC(=O)[C@@H](C)NS(=O)(=O)c1ccc([N+](=O)[O-])cc1)c1ccc(C)cc1. The number of hydrogen-bond acceptors (Lipinski definition) is 6. The van der Waals surface area contributed by atoms with E-state index in [2.05, 4.69) is 15.2 Å². The Balaban J connectivity index is 2.03. The van der Waals surface area contributed by atoms with Crippen LogP contribution in [0.15, 0.2) is 58.5 Å². The topological polar surface area (TPSA) is 131 Å². The lowest BCUT2D eigenvalue weighted by Gasteiger charge is -2.13. The molecule has 1 atom stereocenters. The van der Waals surface area contributed by atoms with E-state index in [0.29, 0.717) is 5.71 Å². The molecule has 28 heavy (non-hydrogen) atoms. The molecular formula is C18H20N4O5S. The zero-order valence-electron chi connectivity index (χ0n) is 15.5. The molecule has 2 aromatic rings. The summed E-state index contributed by atoms with van der Waals surface area (Å²) >= 11 is 0. The molecule has 0 spiro atoms. The number of non-ortho nitro benzene ring substituents is 1. The Kier molecular flexibility index (Phi) is 6.60. The van der Waals surface area contributed by atoms with Gasteiger partial charge in [0.2, 0.25) is 10.0 Å². The van der Waals surface area contributed by atoms with E-state index >= 15 is 0 Å². The van der Waals surface area contributed by atoms with Gasteiger partial charge in [-0.15, -0.1) is 0 Å². The molecule has 0 bridgehead atoms. The lowest BCUT2D eigenvalue weighted by Crippen LogP contribution is -2.43. The minimum atomic E-state index is -4.02. The Morgan fingerprint density at radius 3 is 2.21 bits per heavy atom. The summed E-state index contributed by atoms with van der Waals surface area (Å²) in [6, 6.07) is 10.8. The first kappa shape index (κ1) is 21.2. The van der Waals surface area contributed by atoms with Gasteiger partial charge >= 0.3 is 0 Å². The molecule has 2 rings (SSSR count). The average Bonchev–Trinajstić information content (AvgIpc) is 2.66. The van der Waals surface area contributed by atoms with Gasteiger partial charge in [0.15, 0.2) is 0 Å². The number of nitro benzene ring substituents is 1. The first-order valence-electron chi connectivity index (χ1n) is 8.28. The lowest BCUT2D eigenvalue weighted by molar-refractivity contribution is -0.384. The summed E-state index contributed by atoms with van der Waals surface area (Å²) in [7, 11) is -4.02. The summed E-state index contributed by atoms with van der Waals surface area (Å²) in [5.41, 5.74) is 4.58. The monoisotopic (exact) mass is 404 g/mol. The van der Waals surface area contributed by atoms with Crippen molar-refractivity contribution in [3.63, 3.8) is 0 Å². The van der Waals surface area contributed by atoms with Crippen molar-refractivity contribution in [1.82, 2.24) is 10.1 Å². The largest absolute Gasteiger partial charge is 0.271 e. The van der Waals surface area contributed by atoms with Gasteiger partial charge in [0.1, 0.15) is 0 Å². The molecule has 0 fully saturated rings. The molecule has 0 aliphatic carbocycles. The average molecular weight is 404 g/mol. The number of nitro groups is 1. The summed E-state index contributed by atoms with van der Waals surface area (Å²) in [5, 5.41) is 14.6. The molecule has 10 heteroatoms. The van der Waals surface area contributed by atoms with Crippen LogP contribution in [-0.2, 0) is 14.8 Å². The number of aryl methyl sites for hydroxylation is 1. The van der Waals surface area contributed by atoms with Gasteiger partial charge in [-0.1, -0.05) is 29.8 Å². The van der Waals surface area contributed by atoms with Crippen LogP contribution in [0.1, 0.15) is 25.0 Å². The number of nitrogens with one attached hydrogen (secondary N) is 2. The molecule has 0 saturated carbocycles. The van der Waals surface area contributed by atoms with Gasteiger partial charge in [-0.3, -0.25) is 14.9 Å². The third-order valence-electron chi connectivity index (χ3n) is 3.89. The van der Waals surface area contributed by atoms with Crippen molar-refractivity contribution in [2.24, 2.45) is 5.10 Å². The Morgan fingerprint density at radius 2 is 1.68 bits per heavy atom. The van der Waals surface area contributed by atoms with Crippen LogP contribution in [0, 0.1) is 17.0 Å². The molecule has 0 aromatic heterocycles. The van der Waals surface area contributed by atoms with Crippen LogP contribution in [0.2, 0.25) is 0 Å². The lowest BCUT2D eigenvalue weighted by atomic mass is 10.1. The van der Waals surface area contributed by atoms with Crippen molar-refractivity contribution in [3.8, 4) is 0 Å². The third kappa shape index (κ3) is 5.44. The molecule has 148 valence electrons. The molecule has 9 nitrogen and oxygen atoms in total. The van der Waals surface area contributed by atoms with Crippen LogP contribution in [-0.4, -0.2) is 31.0 Å². The zero-order valence-corrected chi connectivity index (χ0v) is 16.4. The van der Waals surface area contributed by atoms with E-state index in [9.17, 15) is 23.3 Å². The van der Waals surface area contributed by atoms with Crippen LogP contribution >= 0.6 is 0 Å². The Bertz CT molecular complexity index is 999. The number of rotatable bonds is 7. The summed E-state index contributed by atoms with van der Waals surface area (Å²) < 4.78 is 26.9. The number of sulfonamides is 1. The van der Waals surface area contributed by atoms with Crippen molar-refractivity contribution >= 4 is 27.3 Å². The van der Waals surface area contributed by atoms with Crippen LogP contribution in [0.4, 0.5) is 5.69 Å². The van der Waals surface area contributed by atoms with Gasteiger partial charge in [-0.05, 0) is 38.5 Å². The normalized spacial score (nSPS) is 13.0. The molecule has 0 aliphatic rings. The number of benzene rings is 2.